The van der Waals surface area contributed by atoms with E-state index in [1.807, 2.05) is 6.07 Å². The van der Waals surface area contributed by atoms with E-state index in [1.54, 1.807) is 13.0 Å². The van der Waals surface area contributed by atoms with Crippen LogP contribution in [0.4, 0.5) is 4.39 Å². The molecule has 0 bridgehead atoms. The van der Waals surface area contributed by atoms with Crippen molar-refractivity contribution in [3.63, 3.8) is 0 Å². The van der Waals surface area contributed by atoms with Gasteiger partial charge in [-0.15, -0.1) is 0 Å². The molecule has 0 amide bonds. The molecule has 1 saturated carbocycles. The normalized spacial score (nSPS) is 24.7. The highest BCUT2D eigenvalue weighted by Gasteiger charge is 2.44. The summed E-state index contributed by atoms with van der Waals surface area (Å²) in [6.45, 7) is 1.70. The van der Waals surface area contributed by atoms with E-state index in [9.17, 15) is 9.18 Å². The van der Waals surface area contributed by atoms with Gasteiger partial charge in [-0.05, 0) is 36.5 Å². The Hall–Kier alpha value is -1.38. The monoisotopic (exact) mass is 194 g/mol. The number of carboxylic acid groups (broad SMARTS) is 1. The number of carbonyl (C=O) groups is 1. The second kappa shape index (κ2) is 3.08. The number of aryl methyl sites for hydroxylation is 1. The topological polar surface area (TPSA) is 37.3 Å². The molecule has 1 aromatic rings. The molecule has 2 atom stereocenters. The number of halogens is 1. The summed E-state index contributed by atoms with van der Waals surface area (Å²) in [4.78, 5) is 10.6. The molecule has 2 rings (SSSR count). The van der Waals surface area contributed by atoms with E-state index < -0.39 is 5.97 Å². The Bertz CT molecular complexity index is 387. The van der Waals surface area contributed by atoms with Crippen molar-refractivity contribution < 1.29 is 14.3 Å². The Balaban J connectivity index is 2.20. The van der Waals surface area contributed by atoms with E-state index in [0.717, 1.165) is 5.56 Å². The molecule has 0 radical (unpaired) electrons. The fourth-order valence-corrected chi connectivity index (χ4v) is 1.68. The quantitative estimate of drug-likeness (QED) is 0.784. The Morgan fingerprint density at radius 2 is 2.29 bits per heavy atom. The van der Waals surface area contributed by atoms with Crippen LogP contribution >= 0.6 is 0 Å². The molecule has 1 aliphatic carbocycles. The smallest absolute Gasteiger partial charge is 0.307 e. The van der Waals surface area contributed by atoms with Gasteiger partial charge >= 0.3 is 5.97 Å². The van der Waals surface area contributed by atoms with Crippen molar-refractivity contribution in [3.05, 3.63) is 35.1 Å². The first kappa shape index (κ1) is 9.19. The number of hydrogen-bond donors (Lipinski definition) is 1. The predicted octanol–water partition coefficient (Wildman–Crippen LogP) is 2.32. The van der Waals surface area contributed by atoms with Crippen molar-refractivity contribution in [2.24, 2.45) is 5.92 Å². The van der Waals surface area contributed by atoms with Crippen molar-refractivity contribution in [2.45, 2.75) is 19.3 Å². The summed E-state index contributed by atoms with van der Waals surface area (Å²) in [7, 11) is 0. The fraction of sp³-hybridized carbons (Fsp3) is 0.364. The van der Waals surface area contributed by atoms with Crippen molar-refractivity contribution in [1.82, 2.24) is 0 Å². The number of aliphatic carboxylic acids is 1. The third kappa shape index (κ3) is 1.50. The molecule has 0 aliphatic heterocycles. The Kier molecular flexibility index (Phi) is 2.02. The van der Waals surface area contributed by atoms with Crippen molar-refractivity contribution >= 4 is 5.97 Å². The average molecular weight is 194 g/mol. The highest BCUT2D eigenvalue weighted by Crippen LogP contribution is 2.47. The molecule has 1 N–H and O–H groups in total. The summed E-state index contributed by atoms with van der Waals surface area (Å²) in [5.41, 5.74) is 1.40. The molecule has 14 heavy (non-hydrogen) atoms. The lowest BCUT2D eigenvalue weighted by Crippen LogP contribution is -1.99. The zero-order valence-electron chi connectivity index (χ0n) is 7.83. The number of benzene rings is 1. The largest absolute Gasteiger partial charge is 0.481 e. The maximum Gasteiger partial charge on any atom is 0.307 e. The van der Waals surface area contributed by atoms with Crippen LogP contribution in [-0.4, -0.2) is 11.1 Å². The second-order valence-corrected chi connectivity index (χ2v) is 3.80. The van der Waals surface area contributed by atoms with Crippen LogP contribution < -0.4 is 0 Å². The van der Waals surface area contributed by atoms with Crippen LogP contribution in [0.25, 0.3) is 0 Å². The summed E-state index contributed by atoms with van der Waals surface area (Å²) < 4.78 is 13.1. The van der Waals surface area contributed by atoms with Crippen molar-refractivity contribution in [2.75, 3.05) is 0 Å². The van der Waals surface area contributed by atoms with Gasteiger partial charge in [0.15, 0.2) is 0 Å². The van der Waals surface area contributed by atoms with Crippen LogP contribution in [0, 0.1) is 18.7 Å². The standard InChI is InChI=1S/C11H11FO2/c1-6-2-3-7(4-10(6)12)8-5-9(8)11(13)14/h2-4,8-9H,5H2,1H3,(H,13,14)/t8-,9+/m0/s1. The molecule has 3 heteroatoms. The zero-order chi connectivity index (χ0) is 10.3. The first-order valence-electron chi connectivity index (χ1n) is 4.58. The first-order valence-corrected chi connectivity index (χ1v) is 4.58. The van der Waals surface area contributed by atoms with Crippen molar-refractivity contribution in [3.8, 4) is 0 Å². The highest BCUT2D eigenvalue weighted by atomic mass is 19.1. The van der Waals surface area contributed by atoms with Gasteiger partial charge in [-0.25, -0.2) is 4.39 Å². The summed E-state index contributed by atoms with van der Waals surface area (Å²) in [6.07, 6.45) is 0.637. The summed E-state index contributed by atoms with van der Waals surface area (Å²) in [5, 5.41) is 8.72. The molecular weight excluding hydrogens is 183 g/mol. The Labute approximate surface area is 81.4 Å². The van der Waals surface area contributed by atoms with Gasteiger partial charge in [-0.1, -0.05) is 12.1 Å². The zero-order valence-corrected chi connectivity index (χ0v) is 7.83. The minimum Gasteiger partial charge on any atom is -0.481 e. The molecule has 1 fully saturated rings. The molecule has 0 aromatic heterocycles. The molecule has 1 aliphatic rings. The van der Waals surface area contributed by atoms with Crippen LogP contribution in [0.3, 0.4) is 0 Å². The maximum atomic E-state index is 13.1. The van der Waals surface area contributed by atoms with Gasteiger partial charge < -0.3 is 5.11 Å². The number of hydrogen-bond acceptors (Lipinski definition) is 1. The minimum absolute atomic E-state index is 0.0163. The number of rotatable bonds is 2. The molecule has 0 unspecified atom stereocenters. The van der Waals surface area contributed by atoms with Crippen LogP contribution in [0.1, 0.15) is 23.5 Å². The van der Waals surface area contributed by atoms with Gasteiger partial charge in [-0.3, -0.25) is 4.79 Å². The lowest BCUT2D eigenvalue weighted by Gasteiger charge is -2.00. The van der Waals surface area contributed by atoms with E-state index in [0.29, 0.717) is 12.0 Å². The summed E-state index contributed by atoms with van der Waals surface area (Å²) in [6, 6.07) is 4.96. The van der Waals surface area contributed by atoms with Crippen molar-refractivity contribution in [1.29, 1.82) is 0 Å². The van der Waals surface area contributed by atoms with Crippen LogP contribution in [0.5, 0.6) is 0 Å². The second-order valence-electron chi connectivity index (χ2n) is 3.80. The van der Waals surface area contributed by atoms with E-state index in [2.05, 4.69) is 0 Å². The average Bonchev–Trinajstić information content (AvgIpc) is 2.89. The van der Waals surface area contributed by atoms with E-state index in [-0.39, 0.29) is 17.7 Å². The predicted molar refractivity (Wildman–Crippen MR) is 49.6 cm³/mol. The molecule has 74 valence electrons. The SMILES string of the molecule is Cc1ccc([C@@H]2C[C@H]2C(=O)O)cc1F. The van der Waals surface area contributed by atoms with Crippen LogP contribution in [-0.2, 0) is 4.79 Å². The van der Waals surface area contributed by atoms with Gasteiger partial charge in [0.05, 0.1) is 5.92 Å². The molecule has 0 spiro atoms. The van der Waals surface area contributed by atoms with E-state index in [4.69, 9.17) is 5.11 Å². The van der Waals surface area contributed by atoms with Gasteiger partial charge in [0, 0.05) is 0 Å². The minimum atomic E-state index is -0.781. The molecule has 0 saturated heterocycles. The van der Waals surface area contributed by atoms with E-state index >= 15 is 0 Å². The molecular formula is C11H11FO2. The van der Waals surface area contributed by atoms with Gasteiger partial charge in [-0.2, -0.15) is 0 Å². The van der Waals surface area contributed by atoms with Gasteiger partial charge in [0.25, 0.3) is 0 Å². The van der Waals surface area contributed by atoms with Gasteiger partial charge in [0.2, 0.25) is 0 Å². The highest BCUT2D eigenvalue weighted by molar-refractivity contribution is 5.75. The molecule has 0 heterocycles. The Morgan fingerprint density at radius 3 is 2.79 bits per heavy atom. The van der Waals surface area contributed by atoms with Crippen LogP contribution in [0.2, 0.25) is 0 Å². The molecule has 2 nitrogen and oxygen atoms in total. The maximum absolute atomic E-state index is 13.1. The lowest BCUT2D eigenvalue weighted by atomic mass is 10.1. The fourth-order valence-electron chi connectivity index (χ4n) is 1.68. The Morgan fingerprint density at radius 1 is 1.57 bits per heavy atom. The van der Waals surface area contributed by atoms with Crippen LogP contribution in [0.15, 0.2) is 18.2 Å². The number of carboxylic acids is 1. The lowest BCUT2D eigenvalue weighted by molar-refractivity contribution is -0.138. The summed E-state index contributed by atoms with van der Waals surface area (Å²) in [5.74, 6) is -1.32. The summed E-state index contributed by atoms with van der Waals surface area (Å²) >= 11 is 0. The third-order valence-corrected chi connectivity index (χ3v) is 2.73. The third-order valence-electron chi connectivity index (χ3n) is 2.73. The van der Waals surface area contributed by atoms with E-state index in [1.165, 1.54) is 6.07 Å². The molecule has 1 aromatic carbocycles. The van der Waals surface area contributed by atoms with Gasteiger partial charge in [0.1, 0.15) is 5.82 Å². The first-order chi connectivity index (χ1) is 6.59.